The van der Waals surface area contributed by atoms with Crippen LogP contribution in [0.5, 0.6) is 5.75 Å². The third kappa shape index (κ3) is 2.38. The molecule has 0 amide bonds. The maximum absolute atomic E-state index is 12.8. The molecule has 19 heavy (non-hydrogen) atoms. The topological polar surface area (TPSA) is 57.1 Å². The van der Waals surface area contributed by atoms with E-state index in [9.17, 15) is 9.18 Å². The molecule has 0 aliphatic carbocycles. The number of hydrogen-bond donors (Lipinski definition) is 0. The minimum atomic E-state index is -0.315. The fourth-order valence-electron chi connectivity index (χ4n) is 2.41. The zero-order valence-electron chi connectivity index (χ0n) is 9.99. The van der Waals surface area contributed by atoms with E-state index in [2.05, 4.69) is 4.99 Å². The third-order valence-corrected chi connectivity index (χ3v) is 3.30. The van der Waals surface area contributed by atoms with Gasteiger partial charge in [0, 0.05) is 0 Å². The van der Waals surface area contributed by atoms with Crippen molar-refractivity contribution in [2.75, 3.05) is 13.2 Å². The largest absolute Gasteiger partial charge is 0.485 e. The number of hydrogen-bond acceptors (Lipinski definition) is 5. The molecule has 0 aromatic heterocycles. The molecule has 0 bridgehead atoms. The van der Waals surface area contributed by atoms with Crippen LogP contribution in [0, 0.1) is 5.82 Å². The molecule has 1 aromatic carbocycles. The predicted octanol–water partition coefficient (Wildman–Crippen LogP) is 1.08. The molecule has 5 nitrogen and oxygen atoms in total. The van der Waals surface area contributed by atoms with Gasteiger partial charge in [0.1, 0.15) is 29.8 Å². The van der Waals surface area contributed by atoms with Crippen LogP contribution in [0.15, 0.2) is 29.3 Å². The van der Waals surface area contributed by atoms with E-state index in [4.69, 9.17) is 14.2 Å². The van der Waals surface area contributed by atoms with Crippen LogP contribution < -0.4 is 4.74 Å². The maximum atomic E-state index is 12.8. The number of benzene rings is 1. The van der Waals surface area contributed by atoms with E-state index in [-0.39, 0.29) is 30.2 Å². The predicted molar refractivity (Wildman–Crippen MR) is 62.2 cm³/mol. The Kier molecular flexibility index (Phi) is 3.29. The second-order valence-electron chi connectivity index (χ2n) is 4.49. The average molecular weight is 265 g/mol. The van der Waals surface area contributed by atoms with Crippen molar-refractivity contribution in [2.45, 2.75) is 24.4 Å². The summed E-state index contributed by atoms with van der Waals surface area (Å²) in [6.07, 6.45) is 0.721. The minimum Gasteiger partial charge on any atom is -0.485 e. The van der Waals surface area contributed by atoms with Crippen LogP contribution in [0.2, 0.25) is 0 Å². The fraction of sp³-hybridized carbons (Fsp3) is 0.462. The number of nitrogens with zero attached hydrogens (tertiary/aromatic N) is 1. The highest BCUT2D eigenvalue weighted by atomic mass is 19.1. The molecular weight excluding hydrogens is 253 g/mol. The summed E-state index contributed by atoms with van der Waals surface area (Å²) in [5.74, 6) is 0.243. The highest BCUT2D eigenvalue weighted by molar-refractivity contribution is 5.34. The fourth-order valence-corrected chi connectivity index (χ4v) is 2.41. The van der Waals surface area contributed by atoms with Crippen molar-refractivity contribution in [1.29, 1.82) is 0 Å². The molecule has 6 heteroatoms. The monoisotopic (exact) mass is 265 g/mol. The molecule has 0 N–H and O–H groups in total. The molecule has 0 spiro atoms. The molecule has 0 unspecified atom stereocenters. The molecule has 2 heterocycles. The summed E-state index contributed by atoms with van der Waals surface area (Å²) >= 11 is 0. The van der Waals surface area contributed by atoms with Crippen molar-refractivity contribution in [3.05, 3.63) is 30.1 Å². The van der Waals surface area contributed by atoms with E-state index in [1.165, 1.54) is 18.2 Å². The van der Waals surface area contributed by atoms with Crippen molar-refractivity contribution in [1.82, 2.24) is 0 Å². The Labute approximate surface area is 109 Å². The summed E-state index contributed by atoms with van der Waals surface area (Å²) < 4.78 is 29.6. The van der Waals surface area contributed by atoms with Gasteiger partial charge in [0.05, 0.1) is 13.2 Å². The maximum Gasteiger partial charge on any atom is 0.235 e. The van der Waals surface area contributed by atoms with E-state index in [1.54, 1.807) is 12.1 Å². The Hall–Kier alpha value is -1.75. The summed E-state index contributed by atoms with van der Waals surface area (Å²) in [6.45, 7) is 0.686. The van der Waals surface area contributed by atoms with Crippen molar-refractivity contribution in [2.24, 2.45) is 4.99 Å². The van der Waals surface area contributed by atoms with Gasteiger partial charge in [-0.25, -0.2) is 9.18 Å². The first kappa shape index (κ1) is 12.3. The highest BCUT2D eigenvalue weighted by Crippen LogP contribution is 2.31. The van der Waals surface area contributed by atoms with Gasteiger partial charge in [0.2, 0.25) is 6.08 Å². The van der Waals surface area contributed by atoms with Crippen LogP contribution in [-0.2, 0) is 14.3 Å². The van der Waals surface area contributed by atoms with Crippen LogP contribution in [0.1, 0.15) is 0 Å². The Bertz CT molecular complexity index is 500. The summed E-state index contributed by atoms with van der Waals surface area (Å²) in [5, 5.41) is 0. The second-order valence-corrected chi connectivity index (χ2v) is 4.49. The lowest BCUT2D eigenvalue weighted by Crippen LogP contribution is -2.34. The first-order valence-electron chi connectivity index (χ1n) is 6.00. The SMILES string of the molecule is O=C=N[C@H]1CO[C@H]2[C@@H]1OC[C@@H]2Oc1ccc(F)cc1. The molecule has 100 valence electrons. The molecular formula is C13H12FNO4. The zero-order valence-corrected chi connectivity index (χ0v) is 9.99. The van der Waals surface area contributed by atoms with E-state index in [0.717, 1.165) is 0 Å². The zero-order chi connectivity index (χ0) is 13.2. The van der Waals surface area contributed by atoms with Crippen LogP contribution >= 0.6 is 0 Å². The van der Waals surface area contributed by atoms with Crippen LogP contribution in [0.25, 0.3) is 0 Å². The molecule has 1 aromatic rings. The quantitative estimate of drug-likeness (QED) is 0.606. The molecule has 2 fully saturated rings. The first-order valence-corrected chi connectivity index (χ1v) is 6.00. The number of rotatable bonds is 3. The third-order valence-electron chi connectivity index (χ3n) is 3.30. The van der Waals surface area contributed by atoms with Gasteiger partial charge in [-0.15, -0.1) is 0 Å². The number of halogens is 1. The molecule has 0 radical (unpaired) electrons. The highest BCUT2D eigenvalue weighted by Gasteiger charge is 2.49. The Balaban J connectivity index is 1.68. The Morgan fingerprint density at radius 1 is 1.21 bits per heavy atom. The van der Waals surface area contributed by atoms with Gasteiger partial charge in [-0.05, 0) is 24.3 Å². The van der Waals surface area contributed by atoms with Gasteiger partial charge < -0.3 is 14.2 Å². The number of fused-ring (bicyclic) bond motifs is 1. The van der Waals surface area contributed by atoms with Gasteiger partial charge in [0.25, 0.3) is 0 Å². The lowest BCUT2D eigenvalue weighted by atomic mass is 10.1. The van der Waals surface area contributed by atoms with Gasteiger partial charge in [-0.2, -0.15) is 4.99 Å². The van der Waals surface area contributed by atoms with Crippen LogP contribution in [0.3, 0.4) is 0 Å². The first-order chi connectivity index (χ1) is 9.28. The Morgan fingerprint density at radius 3 is 2.68 bits per heavy atom. The van der Waals surface area contributed by atoms with Crippen molar-refractivity contribution in [3.63, 3.8) is 0 Å². The minimum absolute atomic E-state index is 0.257. The molecule has 0 saturated carbocycles. The Morgan fingerprint density at radius 2 is 1.95 bits per heavy atom. The summed E-state index contributed by atoms with van der Waals surface area (Å²) in [7, 11) is 0. The molecule has 4 atom stereocenters. The van der Waals surface area contributed by atoms with E-state index < -0.39 is 0 Å². The van der Waals surface area contributed by atoms with Crippen LogP contribution in [0.4, 0.5) is 4.39 Å². The number of isocyanates is 1. The van der Waals surface area contributed by atoms with Gasteiger partial charge in [0.15, 0.2) is 6.10 Å². The van der Waals surface area contributed by atoms with E-state index in [1.807, 2.05) is 0 Å². The van der Waals surface area contributed by atoms with Crippen molar-refractivity contribution < 1.29 is 23.4 Å². The smallest absolute Gasteiger partial charge is 0.235 e. The lowest BCUT2D eigenvalue weighted by molar-refractivity contribution is 0.0305. The van der Waals surface area contributed by atoms with Crippen molar-refractivity contribution >= 4 is 6.08 Å². The average Bonchev–Trinajstić information content (AvgIpc) is 2.97. The van der Waals surface area contributed by atoms with Crippen molar-refractivity contribution in [3.8, 4) is 5.75 Å². The summed E-state index contributed by atoms with van der Waals surface area (Å²) in [6, 6.07) is 5.45. The summed E-state index contributed by atoms with van der Waals surface area (Å²) in [5.41, 5.74) is 0. The normalized spacial score (nSPS) is 32.7. The molecule has 2 aliphatic heterocycles. The van der Waals surface area contributed by atoms with Gasteiger partial charge in [-0.3, -0.25) is 0 Å². The standard InChI is InChI=1S/C13H12FNO4/c14-8-1-3-9(4-2-8)19-11-6-18-12-10(15-7-16)5-17-13(11)12/h1-4,10-13H,5-6H2/t10-,11-,12+,13+/m0/s1. The van der Waals surface area contributed by atoms with Crippen LogP contribution in [-0.4, -0.2) is 43.6 Å². The van der Waals surface area contributed by atoms with E-state index >= 15 is 0 Å². The lowest BCUT2D eigenvalue weighted by Gasteiger charge is -2.17. The molecule has 2 saturated heterocycles. The molecule has 2 aliphatic rings. The number of aliphatic imine (C=N–C) groups is 1. The number of carbonyl (C=O) groups excluding carboxylic acids is 1. The molecule has 3 rings (SSSR count). The van der Waals surface area contributed by atoms with E-state index in [0.29, 0.717) is 19.0 Å². The number of ether oxygens (including phenoxy) is 3. The summed E-state index contributed by atoms with van der Waals surface area (Å²) in [4.78, 5) is 13.9. The van der Waals surface area contributed by atoms with Gasteiger partial charge >= 0.3 is 0 Å². The second kappa shape index (κ2) is 5.09. The van der Waals surface area contributed by atoms with Gasteiger partial charge in [-0.1, -0.05) is 0 Å².